The Balaban J connectivity index is 1.53. The van der Waals surface area contributed by atoms with Crippen LogP contribution in [0.15, 0.2) is 59.5 Å². The molecule has 0 N–H and O–H groups in total. The first-order valence-corrected chi connectivity index (χ1v) is 11.5. The van der Waals surface area contributed by atoms with Gasteiger partial charge in [0.05, 0.1) is 16.0 Å². The zero-order valence-corrected chi connectivity index (χ0v) is 18.2. The van der Waals surface area contributed by atoms with E-state index in [-0.39, 0.29) is 29.7 Å². The molecule has 1 aliphatic heterocycles. The van der Waals surface area contributed by atoms with Crippen molar-refractivity contribution in [3.8, 4) is 0 Å². The highest BCUT2D eigenvalue weighted by atomic mass is 32.2. The van der Waals surface area contributed by atoms with Crippen molar-refractivity contribution >= 4 is 32.6 Å². The molecule has 0 unspecified atom stereocenters. The first kappa shape index (κ1) is 21.1. The van der Waals surface area contributed by atoms with Gasteiger partial charge in [0.1, 0.15) is 0 Å². The number of carbonyl (C=O) groups excluding carboxylic acids is 2. The zero-order chi connectivity index (χ0) is 22.2. The van der Waals surface area contributed by atoms with Crippen molar-refractivity contribution in [3.05, 3.63) is 71.4 Å². The van der Waals surface area contributed by atoms with Crippen molar-refractivity contribution in [2.24, 2.45) is 0 Å². The van der Waals surface area contributed by atoms with E-state index in [0.717, 1.165) is 16.6 Å². The van der Waals surface area contributed by atoms with E-state index < -0.39 is 10.0 Å². The lowest BCUT2D eigenvalue weighted by molar-refractivity contribution is 0.0699. The highest BCUT2D eigenvalue weighted by Gasteiger charge is 2.31. The fraction of sp³-hybridized carbons (Fsp3) is 0.261. The third kappa shape index (κ3) is 4.08. The molecule has 0 spiro atoms. The van der Waals surface area contributed by atoms with Crippen LogP contribution in [0.4, 0.5) is 0 Å². The molecule has 0 bridgehead atoms. The Morgan fingerprint density at radius 2 is 1.65 bits per heavy atom. The molecule has 1 fully saturated rings. The number of benzene rings is 2. The fourth-order valence-electron chi connectivity index (χ4n) is 3.81. The molecule has 0 saturated carbocycles. The molecular formula is C23H23N3O4S. The van der Waals surface area contributed by atoms with E-state index in [1.54, 1.807) is 23.1 Å². The Bertz CT molecular complexity index is 1280. The van der Waals surface area contributed by atoms with Crippen LogP contribution in [0.1, 0.15) is 33.3 Å². The quantitative estimate of drug-likeness (QED) is 0.586. The van der Waals surface area contributed by atoms with Crippen LogP contribution in [0.5, 0.6) is 0 Å². The molecule has 7 nitrogen and oxygen atoms in total. The second-order valence-electron chi connectivity index (χ2n) is 7.61. The summed E-state index contributed by atoms with van der Waals surface area (Å²) >= 11 is 0. The smallest absolute Gasteiger partial charge is 0.254 e. The van der Waals surface area contributed by atoms with Crippen molar-refractivity contribution in [2.75, 3.05) is 26.2 Å². The molecule has 160 valence electrons. The lowest BCUT2D eigenvalue weighted by atomic mass is 10.1. The maximum Gasteiger partial charge on any atom is 0.254 e. The summed E-state index contributed by atoms with van der Waals surface area (Å²) in [7, 11) is -3.74. The summed E-state index contributed by atoms with van der Waals surface area (Å²) in [5, 5.41) is 0.786. The first-order chi connectivity index (χ1) is 14.8. The number of rotatable bonds is 4. The fourth-order valence-corrected chi connectivity index (χ4v) is 5.28. The van der Waals surface area contributed by atoms with Gasteiger partial charge in [-0.2, -0.15) is 4.31 Å². The molecule has 1 aromatic heterocycles. The van der Waals surface area contributed by atoms with Crippen LogP contribution in [0.2, 0.25) is 0 Å². The van der Waals surface area contributed by atoms with E-state index in [0.29, 0.717) is 24.2 Å². The average Bonchev–Trinajstić information content (AvgIpc) is 2.78. The molecule has 2 heterocycles. The molecule has 3 aromatic rings. The number of ketones is 1. The van der Waals surface area contributed by atoms with E-state index in [1.165, 1.54) is 23.4 Å². The molecule has 1 amide bonds. The lowest BCUT2D eigenvalue weighted by Gasteiger charge is -2.34. The van der Waals surface area contributed by atoms with Crippen LogP contribution in [0.3, 0.4) is 0 Å². The topological polar surface area (TPSA) is 87.7 Å². The number of carbonyl (C=O) groups is 2. The number of hydrogen-bond donors (Lipinski definition) is 0. The summed E-state index contributed by atoms with van der Waals surface area (Å²) < 4.78 is 27.4. The van der Waals surface area contributed by atoms with Gasteiger partial charge in [-0.1, -0.05) is 30.3 Å². The first-order valence-electron chi connectivity index (χ1n) is 10.0. The molecule has 31 heavy (non-hydrogen) atoms. The third-order valence-corrected chi connectivity index (χ3v) is 7.37. The van der Waals surface area contributed by atoms with E-state index in [2.05, 4.69) is 4.98 Å². The molecule has 1 saturated heterocycles. The van der Waals surface area contributed by atoms with Crippen LogP contribution in [-0.4, -0.2) is 60.5 Å². The molecule has 0 aliphatic carbocycles. The Labute approximate surface area is 181 Å². The zero-order valence-electron chi connectivity index (χ0n) is 17.4. The van der Waals surface area contributed by atoms with Gasteiger partial charge in [0.25, 0.3) is 5.91 Å². The van der Waals surface area contributed by atoms with Crippen LogP contribution < -0.4 is 0 Å². The number of sulfonamides is 1. The largest absolute Gasteiger partial charge is 0.336 e. The van der Waals surface area contributed by atoms with Crippen LogP contribution >= 0.6 is 0 Å². The van der Waals surface area contributed by atoms with Crippen molar-refractivity contribution in [1.29, 1.82) is 0 Å². The number of pyridine rings is 1. The normalized spacial score (nSPS) is 15.2. The van der Waals surface area contributed by atoms with Crippen molar-refractivity contribution in [1.82, 2.24) is 14.2 Å². The lowest BCUT2D eigenvalue weighted by Crippen LogP contribution is -2.50. The summed E-state index contributed by atoms with van der Waals surface area (Å²) in [6.07, 6.45) is 0. The number of nitrogens with zero attached hydrogens (tertiary/aromatic N) is 3. The molecule has 1 aliphatic rings. The van der Waals surface area contributed by atoms with Gasteiger partial charge in [-0.05, 0) is 38.1 Å². The van der Waals surface area contributed by atoms with E-state index in [9.17, 15) is 18.0 Å². The number of fused-ring (bicyclic) bond motifs is 1. The number of amides is 1. The van der Waals surface area contributed by atoms with Gasteiger partial charge < -0.3 is 4.90 Å². The monoisotopic (exact) mass is 437 g/mol. The number of para-hydroxylation sites is 1. The Kier molecular flexibility index (Phi) is 5.60. The van der Waals surface area contributed by atoms with Gasteiger partial charge in [0, 0.05) is 42.8 Å². The highest BCUT2D eigenvalue weighted by molar-refractivity contribution is 7.89. The van der Waals surface area contributed by atoms with Crippen LogP contribution in [0, 0.1) is 6.92 Å². The van der Waals surface area contributed by atoms with Gasteiger partial charge in [0.15, 0.2) is 5.78 Å². The average molecular weight is 438 g/mol. The maximum atomic E-state index is 13.2. The minimum atomic E-state index is -3.74. The molecule has 2 aromatic carbocycles. The van der Waals surface area contributed by atoms with Gasteiger partial charge in [-0.15, -0.1) is 0 Å². The molecule has 0 radical (unpaired) electrons. The summed E-state index contributed by atoms with van der Waals surface area (Å²) in [5.74, 6) is -0.315. The molecule has 0 atom stereocenters. The standard InChI is InChI=1S/C23H23N3O4S/c1-16-14-21(20-8-3-4-9-22(20)24-16)23(28)25-10-12-26(13-11-25)31(29,30)19-7-5-6-18(15-19)17(2)27/h3-9,14-15H,10-13H2,1-2H3. The van der Waals surface area contributed by atoms with Crippen molar-refractivity contribution in [3.63, 3.8) is 0 Å². The molecular weight excluding hydrogens is 414 g/mol. The number of hydrogen-bond acceptors (Lipinski definition) is 5. The van der Waals surface area contributed by atoms with Gasteiger partial charge in [-0.25, -0.2) is 8.42 Å². The van der Waals surface area contributed by atoms with Crippen LogP contribution in [-0.2, 0) is 10.0 Å². The van der Waals surface area contributed by atoms with E-state index >= 15 is 0 Å². The summed E-state index contributed by atoms with van der Waals surface area (Å²) in [5.41, 5.74) is 2.45. The summed E-state index contributed by atoms with van der Waals surface area (Å²) in [6, 6.07) is 15.3. The summed E-state index contributed by atoms with van der Waals surface area (Å²) in [6.45, 7) is 4.23. The van der Waals surface area contributed by atoms with Crippen molar-refractivity contribution < 1.29 is 18.0 Å². The van der Waals surface area contributed by atoms with E-state index in [1.807, 2.05) is 31.2 Å². The number of Topliss-reactive ketones (excluding diaryl/α,β-unsaturated/α-hetero) is 1. The SMILES string of the molecule is CC(=O)c1cccc(S(=O)(=O)N2CCN(C(=O)c3cc(C)nc4ccccc34)CC2)c1. The molecule has 4 rings (SSSR count). The predicted octanol–water partition coefficient (Wildman–Crippen LogP) is 2.89. The second kappa shape index (κ2) is 8.20. The number of aryl methyl sites for hydroxylation is 1. The van der Waals surface area contributed by atoms with Gasteiger partial charge >= 0.3 is 0 Å². The third-order valence-electron chi connectivity index (χ3n) is 5.48. The van der Waals surface area contributed by atoms with Gasteiger partial charge in [0.2, 0.25) is 10.0 Å². The predicted molar refractivity (Wildman–Crippen MR) is 118 cm³/mol. The minimum Gasteiger partial charge on any atom is -0.336 e. The van der Waals surface area contributed by atoms with Crippen molar-refractivity contribution in [2.45, 2.75) is 18.7 Å². The van der Waals surface area contributed by atoms with Crippen LogP contribution in [0.25, 0.3) is 10.9 Å². The summed E-state index contributed by atoms with van der Waals surface area (Å²) in [4.78, 5) is 31.1. The molecule has 8 heteroatoms. The Hall–Kier alpha value is -3.10. The maximum absolute atomic E-state index is 13.2. The number of aromatic nitrogens is 1. The van der Waals surface area contributed by atoms with E-state index in [4.69, 9.17) is 0 Å². The highest BCUT2D eigenvalue weighted by Crippen LogP contribution is 2.23. The Morgan fingerprint density at radius 3 is 2.35 bits per heavy atom. The second-order valence-corrected chi connectivity index (χ2v) is 9.55. The number of piperazine rings is 1. The minimum absolute atomic E-state index is 0.0933. The Morgan fingerprint density at radius 1 is 0.935 bits per heavy atom. The van der Waals surface area contributed by atoms with Gasteiger partial charge in [-0.3, -0.25) is 14.6 Å².